The maximum Gasteiger partial charge on any atom is 0.146 e. The molecule has 0 saturated carbocycles. The minimum Gasteiger partial charge on any atom is -0.397 e. The van der Waals surface area contributed by atoms with E-state index in [1.54, 1.807) is 12.3 Å². The van der Waals surface area contributed by atoms with E-state index in [4.69, 9.17) is 5.73 Å². The van der Waals surface area contributed by atoms with Crippen molar-refractivity contribution >= 4 is 11.5 Å². The molecule has 1 aliphatic rings. The summed E-state index contributed by atoms with van der Waals surface area (Å²) in [5.74, 6) is 0.743. The molecule has 0 radical (unpaired) electrons. The third-order valence-electron chi connectivity index (χ3n) is 3.62. The molecule has 0 aromatic carbocycles. The highest BCUT2D eigenvalue weighted by Gasteiger charge is 2.32. The van der Waals surface area contributed by atoms with E-state index in [2.05, 4.69) is 41.7 Å². The highest BCUT2D eigenvalue weighted by Crippen LogP contribution is 2.26. The van der Waals surface area contributed by atoms with Gasteiger partial charge < -0.3 is 10.6 Å². The molecule has 2 rings (SSSR count). The van der Waals surface area contributed by atoms with Crippen molar-refractivity contribution < 1.29 is 0 Å². The van der Waals surface area contributed by atoms with Crippen LogP contribution in [0.5, 0.6) is 0 Å². The van der Waals surface area contributed by atoms with Crippen LogP contribution in [-0.2, 0) is 0 Å². The number of rotatable bonds is 1. The van der Waals surface area contributed by atoms with Gasteiger partial charge in [0.15, 0.2) is 0 Å². The number of hydrogen-bond donors (Lipinski definition) is 1. The molecule has 5 heteroatoms. The Balaban J connectivity index is 2.31. The summed E-state index contributed by atoms with van der Waals surface area (Å²) in [6.07, 6.45) is 1.61. The van der Waals surface area contributed by atoms with Gasteiger partial charge in [-0.25, -0.2) is 4.98 Å². The summed E-state index contributed by atoms with van der Waals surface area (Å²) in [4.78, 5) is 8.81. The Morgan fingerprint density at radius 1 is 1.44 bits per heavy atom. The Morgan fingerprint density at radius 3 is 2.78 bits per heavy atom. The first-order valence-corrected chi connectivity index (χ1v) is 6.06. The Hall–Kier alpha value is -1.80. The Kier molecular flexibility index (Phi) is 3.14. The maximum absolute atomic E-state index is 9.17. The molecule has 0 unspecified atom stereocenters. The molecule has 2 N–H and O–H groups in total. The van der Waals surface area contributed by atoms with Gasteiger partial charge >= 0.3 is 0 Å². The Morgan fingerprint density at radius 2 is 2.17 bits per heavy atom. The van der Waals surface area contributed by atoms with Gasteiger partial charge in [0, 0.05) is 25.2 Å². The largest absolute Gasteiger partial charge is 0.397 e. The van der Waals surface area contributed by atoms with Gasteiger partial charge in [-0.2, -0.15) is 5.26 Å². The first kappa shape index (κ1) is 12.7. The number of nitrogens with zero attached hydrogens (tertiary/aromatic N) is 4. The molecule has 1 saturated heterocycles. The zero-order chi connectivity index (χ0) is 13.3. The van der Waals surface area contributed by atoms with E-state index in [1.807, 2.05) is 0 Å². The molecular formula is C13H19N5. The van der Waals surface area contributed by atoms with Crippen LogP contribution in [-0.4, -0.2) is 42.1 Å². The fourth-order valence-corrected chi connectivity index (χ4v) is 2.23. The fraction of sp³-hybridized carbons (Fsp3) is 0.538. The normalized spacial score (nSPS) is 19.6. The van der Waals surface area contributed by atoms with Crippen LogP contribution in [0.2, 0.25) is 0 Å². The maximum atomic E-state index is 9.17. The number of likely N-dealkylation sites (N-methyl/N-ethyl adjacent to an activating group) is 1. The second-order valence-corrected chi connectivity index (χ2v) is 5.41. The second-order valence-electron chi connectivity index (χ2n) is 5.41. The SMILES string of the molecule is CN1CCN(c2ncc(N)cc2C#N)CC1(C)C. The number of nitriles is 1. The van der Waals surface area contributed by atoms with Crippen LogP contribution in [0.3, 0.4) is 0 Å². The third kappa shape index (κ3) is 2.24. The van der Waals surface area contributed by atoms with Crippen LogP contribution in [0.15, 0.2) is 12.3 Å². The standard InChI is InChI=1S/C13H19N5/c1-13(2)9-18(5-4-17(13)3)12-10(7-14)6-11(15)8-16-12/h6,8H,4-5,9,15H2,1-3H3. The van der Waals surface area contributed by atoms with Crippen LogP contribution in [0.1, 0.15) is 19.4 Å². The summed E-state index contributed by atoms with van der Waals surface area (Å²) in [6, 6.07) is 3.86. The summed E-state index contributed by atoms with van der Waals surface area (Å²) in [5, 5.41) is 9.17. The zero-order valence-electron chi connectivity index (χ0n) is 11.1. The van der Waals surface area contributed by atoms with Crippen molar-refractivity contribution in [1.82, 2.24) is 9.88 Å². The molecule has 0 amide bonds. The number of nitrogens with two attached hydrogens (primary N) is 1. The van der Waals surface area contributed by atoms with Gasteiger partial charge in [-0.1, -0.05) is 0 Å². The molecule has 0 spiro atoms. The first-order valence-electron chi connectivity index (χ1n) is 6.06. The highest BCUT2D eigenvalue weighted by atomic mass is 15.3. The van der Waals surface area contributed by atoms with Gasteiger partial charge in [-0.15, -0.1) is 0 Å². The molecule has 2 heterocycles. The average Bonchev–Trinajstić information content (AvgIpc) is 2.32. The quantitative estimate of drug-likeness (QED) is 0.801. The fourth-order valence-electron chi connectivity index (χ4n) is 2.23. The summed E-state index contributed by atoms with van der Waals surface area (Å²) < 4.78 is 0. The van der Waals surface area contributed by atoms with Crippen molar-refractivity contribution in [3.63, 3.8) is 0 Å². The number of piperazine rings is 1. The lowest BCUT2D eigenvalue weighted by Gasteiger charge is -2.45. The second kappa shape index (κ2) is 4.46. The monoisotopic (exact) mass is 245 g/mol. The van der Waals surface area contributed by atoms with Crippen molar-refractivity contribution in [2.75, 3.05) is 37.3 Å². The van der Waals surface area contributed by atoms with Crippen molar-refractivity contribution in [3.8, 4) is 6.07 Å². The predicted octanol–water partition coefficient (Wildman–Crippen LogP) is 1.07. The lowest BCUT2D eigenvalue weighted by Crippen LogP contribution is -2.58. The van der Waals surface area contributed by atoms with E-state index < -0.39 is 0 Å². The number of aromatic nitrogens is 1. The van der Waals surface area contributed by atoms with Crippen LogP contribution in [0.4, 0.5) is 11.5 Å². The highest BCUT2D eigenvalue weighted by molar-refractivity contribution is 5.59. The van der Waals surface area contributed by atoms with E-state index in [-0.39, 0.29) is 5.54 Å². The van der Waals surface area contributed by atoms with Crippen molar-refractivity contribution in [2.45, 2.75) is 19.4 Å². The van der Waals surface area contributed by atoms with E-state index in [0.717, 1.165) is 25.5 Å². The van der Waals surface area contributed by atoms with Crippen LogP contribution < -0.4 is 10.6 Å². The number of nitrogen functional groups attached to an aromatic ring is 1. The van der Waals surface area contributed by atoms with Gasteiger partial charge in [-0.05, 0) is 27.0 Å². The number of pyridine rings is 1. The van der Waals surface area contributed by atoms with E-state index in [1.165, 1.54) is 0 Å². The summed E-state index contributed by atoms with van der Waals surface area (Å²) in [7, 11) is 2.12. The van der Waals surface area contributed by atoms with Crippen LogP contribution >= 0.6 is 0 Å². The topological polar surface area (TPSA) is 69.2 Å². The number of anilines is 2. The molecule has 5 nitrogen and oxygen atoms in total. The molecule has 1 aromatic heterocycles. The predicted molar refractivity (Wildman–Crippen MR) is 72.3 cm³/mol. The third-order valence-corrected chi connectivity index (χ3v) is 3.62. The van der Waals surface area contributed by atoms with Gasteiger partial charge in [-0.3, -0.25) is 4.90 Å². The molecule has 18 heavy (non-hydrogen) atoms. The molecule has 1 aliphatic heterocycles. The summed E-state index contributed by atoms with van der Waals surface area (Å²) in [5.41, 5.74) is 6.83. The first-order chi connectivity index (χ1) is 8.44. The van der Waals surface area contributed by atoms with Gasteiger partial charge in [0.25, 0.3) is 0 Å². The molecule has 0 atom stereocenters. The molecule has 1 aromatic rings. The van der Waals surface area contributed by atoms with Crippen molar-refractivity contribution in [2.24, 2.45) is 0 Å². The minimum absolute atomic E-state index is 0.0774. The summed E-state index contributed by atoms with van der Waals surface area (Å²) >= 11 is 0. The average molecular weight is 245 g/mol. The Bertz CT molecular complexity index is 489. The molecule has 96 valence electrons. The smallest absolute Gasteiger partial charge is 0.146 e. The van der Waals surface area contributed by atoms with Crippen LogP contribution in [0.25, 0.3) is 0 Å². The van der Waals surface area contributed by atoms with Gasteiger partial charge in [0.2, 0.25) is 0 Å². The van der Waals surface area contributed by atoms with Gasteiger partial charge in [0.1, 0.15) is 11.9 Å². The zero-order valence-corrected chi connectivity index (χ0v) is 11.1. The molecule has 1 fully saturated rings. The van der Waals surface area contributed by atoms with E-state index >= 15 is 0 Å². The van der Waals surface area contributed by atoms with E-state index in [9.17, 15) is 5.26 Å². The van der Waals surface area contributed by atoms with Crippen LogP contribution in [0, 0.1) is 11.3 Å². The lowest BCUT2D eigenvalue weighted by molar-refractivity contribution is 0.138. The molecule has 0 aliphatic carbocycles. The number of hydrogen-bond acceptors (Lipinski definition) is 5. The van der Waals surface area contributed by atoms with Gasteiger partial charge in [0.05, 0.1) is 17.4 Å². The summed E-state index contributed by atoms with van der Waals surface area (Å²) in [6.45, 7) is 7.09. The molecule has 0 bridgehead atoms. The lowest BCUT2D eigenvalue weighted by atomic mass is 9.99. The van der Waals surface area contributed by atoms with E-state index in [0.29, 0.717) is 11.3 Å². The minimum atomic E-state index is 0.0774. The Labute approximate surface area is 108 Å². The van der Waals surface area contributed by atoms with Crippen molar-refractivity contribution in [1.29, 1.82) is 5.26 Å². The van der Waals surface area contributed by atoms with Crippen molar-refractivity contribution in [3.05, 3.63) is 17.8 Å². The molecular weight excluding hydrogens is 226 g/mol.